The van der Waals surface area contributed by atoms with Gasteiger partial charge in [0.1, 0.15) is 5.65 Å². The zero-order chi connectivity index (χ0) is 22.4. The first-order chi connectivity index (χ1) is 16.8. The molecule has 0 aliphatic heterocycles. The van der Waals surface area contributed by atoms with Gasteiger partial charge in [0.05, 0.1) is 27.8 Å². The van der Waals surface area contributed by atoms with E-state index in [-0.39, 0.29) is 5.56 Å². The van der Waals surface area contributed by atoms with Crippen LogP contribution in [0.5, 0.6) is 0 Å². The number of fused-ring (bicyclic) bond motifs is 7. The Bertz CT molecular complexity index is 2100. The third kappa shape index (κ3) is 2.08. The Hall–Kier alpha value is -4.70. The second kappa shape index (κ2) is 6.21. The van der Waals surface area contributed by atoms with Crippen molar-refractivity contribution in [2.24, 2.45) is 0 Å². The molecule has 158 valence electrons. The molecule has 0 aliphatic rings. The Kier molecular flexibility index (Phi) is 3.25. The Balaban J connectivity index is 1.60. The number of benzene rings is 5. The van der Waals surface area contributed by atoms with Crippen LogP contribution in [-0.4, -0.2) is 14.0 Å². The van der Waals surface area contributed by atoms with Crippen LogP contribution in [0.4, 0.5) is 0 Å². The molecule has 0 aliphatic carbocycles. The van der Waals surface area contributed by atoms with E-state index in [1.807, 2.05) is 36.4 Å². The molecular formula is C30H17N3O. The van der Waals surface area contributed by atoms with Crippen molar-refractivity contribution >= 4 is 60.0 Å². The highest BCUT2D eigenvalue weighted by atomic mass is 16.1. The van der Waals surface area contributed by atoms with Crippen molar-refractivity contribution < 1.29 is 0 Å². The molecule has 0 N–H and O–H groups in total. The van der Waals surface area contributed by atoms with Gasteiger partial charge in [0.25, 0.3) is 5.56 Å². The molecule has 3 heterocycles. The van der Waals surface area contributed by atoms with Crippen LogP contribution in [0.3, 0.4) is 0 Å². The Morgan fingerprint density at radius 1 is 0.529 bits per heavy atom. The number of rotatable bonds is 1. The van der Waals surface area contributed by atoms with Gasteiger partial charge in [-0.25, -0.2) is 4.98 Å². The van der Waals surface area contributed by atoms with Crippen molar-refractivity contribution in [3.05, 3.63) is 113 Å². The molecule has 4 heteroatoms. The molecule has 4 nitrogen and oxygen atoms in total. The summed E-state index contributed by atoms with van der Waals surface area (Å²) in [6.45, 7) is 0. The van der Waals surface area contributed by atoms with Crippen molar-refractivity contribution in [2.75, 3.05) is 0 Å². The first kappa shape index (κ1) is 17.8. The maximum Gasteiger partial charge on any atom is 0.264 e. The molecule has 0 amide bonds. The second-order valence-electron chi connectivity index (χ2n) is 8.79. The molecule has 8 rings (SSSR count). The lowest BCUT2D eigenvalue weighted by Crippen LogP contribution is -2.13. The number of aromatic nitrogens is 3. The number of imidazole rings is 1. The van der Waals surface area contributed by atoms with Gasteiger partial charge in [0.15, 0.2) is 0 Å². The molecule has 0 saturated carbocycles. The van der Waals surface area contributed by atoms with Crippen molar-refractivity contribution in [3.63, 3.8) is 0 Å². The van der Waals surface area contributed by atoms with Gasteiger partial charge in [-0.15, -0.1) is 0 Å². The fourth-order valence-electron chi connectivity index (χ4n) is 5.67. The minimum atomic E-state index is -0.0267. The zero-order valence-electron chi connectivity index (χ0n) is 18.1. The fraction of sp³-hybridized carbons (Fsp3) is 0. The van der Waals surface area contributed by atoms with Crippen LogP contribution in [0.1, 0.15) is 0 Å². The van der Waals surface area contributed by atoms with Crippen molar-refractivity contribution in [1.29, 1.82) is 0 Å². The fourth-order valence-corrected chi connectivity index (χ4v) is 5.67. The molecule has 0 radical (unpaired) electrons. The predicted molar refractivity (Wildman–Crippen MR) is 140 cm³/mol. The van der Waals surface area contributed by atoms with Gasteiger partial charge in [0.2, 0.25) is 0 Å². The lowest BCUT2D eigenvalue weighted by molar-refractivity contribution is 1.18. The van der Waals surface area contributed by atoms with E-state index in [1.54, 1.807) is 4.40 Å². The van der Waals surface area contributed by atoms with E-state index < -0.39 is 0 Å². The van der Waals surface area contributed by atoms with Gasteiger partial charge in [-0.3, -0.25) is 9.20 Å². The number of para-hydroxylation sites is 4. The highest BCUT2D eigenvalue weighted by Gasteiger charge is 2.19. The Labute approximate surface area is 193 Å². The molecule has 0 fully saturated rings. The molecule has 0 unspecified atom stereocenters. The van der Waals surface area contributed by atoms with E-state index in [0.717, 1.165) is 43.9 Å². The summed E-state index contributed by atoms with van der Waals surface area (Å²) in [6, 6.07) is 35.1. The van der Waals surface area contributed by atoms with Crippen molar-refractivity contribution in [1.82, 2.24) is 14.0 Å². The maximum absolute atomic E-state index is 13.7. The summed E-state index contributed by atoms with van der Waals surface area (Å²) in [7, 11) is 0. The molecule has 5 aromatic carbocycles. The Morgan fingerprint density at radius 2 is 1.15 bits per heavy atom. The van der Waals surface area contributed by atoms with Crippen LogP contribution >= 0.6 is 0 Å². The molecule has 0 spiro atoms. The lowest BCUT2D eigenvalue weighted by Gasteiger charge is -2.14. The second-order valence-corrected chi connectivity index (χ2v) is 8.79. The summed E-state index contributed by atoms with van der Waals surface area (Å²) in [5, 5.41) is 6.16. The molecule has 34 heavy (non-hydrogen) atoms. The van der Waals surface area contributed by atoms with E-state index in [2.05, 4.69) is 71.3 Å². The normalized spacial score (nSPS) is 12.2. The average Bonchev–Trinajstić information content (AvgIpc) is 3.44. The number of hydrogen-bond donors (Lipinski definition) is 0. The van der Waals surface area contributed by atoms with Gasteiger partial charge in [0, 0.05) is 32.3 Å². The topological polar surface area (TPSA) is 39.3 Å². The Morgan fingerprint density at radius 3 is 1.91 bits per heavy atom. The third-order valence-electron chi connectivity index (χ3n) is 7.07. The van der Waals surface area contributed by atoms with Crippen LogP contribution in [0.2, 0.25) is 0 Å². The summed E-state index contributed by atoms with van der Waals surface area (Å²) < 4.78 is 4.07. The van der Waals surface area contributed by atoms with Gasteiger partial charge in [-0.05, 0) is 42.5 Å². The standard InChI is InChI=1S/C30H17N3O/c34-30-22-11-7-10-20-26(32-24-13-4-1-8-18(24)19-9-2-5-14-25(19)32)17-16-21(28(20)22)29-31-23-12-3-6-15-27(23)33(29)30/h1-17H. The quantitative estimate of drug-likeness (QED) is 0.288. The minimum Gasteiger partial charge on any atom is -0.309 e. The van der Waals surface area contributed by atoms with Crippen molar-refractivity contribution in [2.45, 2.75) is 0 Å². The minimum absolute atomic E-state index is 0.0267. The number of nitrogens with zero attached hydrogens (tertiary/aromatic N) is 3. The SMILES string of the molecule is O=c1c2cccc3c(-n4c5ccccc5c5ccccc54)ccc(c32)c2nc3ccccc3n12. The first-order valence-electron chi connectivity index (χ1n) is 11.4. The molecular weight excluding hydrogens is 418 g/mol. The van der Waals surface area contributed by atoms with E-state index in [9.17, 15) is 4.79 Å². The molecule has 8 aromatic rings. The summed E-state index contributed by atoms with van der Waals surface area (Å²) >= 11 is 0. The van der Waals surface area contributed by atoms with Gasteiger partial charge in [-0.2, -0.15) is 0 Å². The van der Waals surface area contributed by atoms with Crippen LogP contribution in [0, 0.1) is 0 Å². The van der Waals surface area contributed by atoms with Crippen LogP contribution in [0.25, 0.3) is 65.7 Å². The summed E-state index contributed by atoms with van der Waals surface area (Å²) in [6.07, 6.45) is 0. The number of pyridine rings is 1. The predicted octanol–water partition coefficient (Wildman–Crippen LogP) is 6.69. The van der Waals surface area contributed by atoms with Crippen LogP contribution in [0.15, 0.2) is 108 Å². The first-order valence-corrected chi connectivity index (χ1v) is 11.4. The molecule has 3 aromatic heterocycles. The monoisotopic (exact) mass is 435 g/mol. The summed E-state index contributed by atoms with van der Waals surface area (Å²) in [5.41, 5.74) is 5.73. The van der Waals surface area contributed by atoms with Crippen molar-refractivity contribution in [3.8, 4) is 5.69 Å². The summed E-state index contributed by atoms with van der Waals surface area (Å²) in [4.78, 5) is 18.6. The highest BCUT2D eigenvalue weighted by Crippen LogP contribution is 2.37. The maximum atomic E-state index is 13.7. The lowest BCUT2D eigenvalue weighted by atomic mass is 10.0. The number of hydrogen-bond acceptors (Lipinski definition) is 2. The van der Waals surface area contributed by atoms with Gasteiger partial charge in [-0.1, -0.05) is 60.7 Å². The molecule has 0 atom stereocenters. The zero-order valence-corrected chi connectivity index (χ0v) is 18.1. The smallest absolute Gasteiger partial charge is 0.264 e. The third-order valence-corrected chi connectivity index (χ3v) is 7.07. The van der Waals surface area contributed by atoms with Gasteiger partial charge < -0.3 is 4.57 Å². The molecule has 0 bridgehead atoms. The largest absolute Gasteiger partial charge is 0.309 e. The highest BCUT2D eigenvalue weighted by molar-refractivity contribution is 6.19. The summed E-state index contributed by atoms with van der Waals surface area (Å²) in [5.74, 6) is 0. The van der Waals surface area contributed by atoms with E-state index in [1.165, 1.54) is 10.8 Å². The van der Waals surface area contributed by atoms with Crippen LogP contribution in [-0.2, 0) is 0 Å². The van der Waals surface area contributed by atoms with E-state index in [4.69, 9.17) is 4.98 Å². The average molecular weight is 435 g/mol. The molecule has 0 saturated heterocycles. The van der Waals surface area contributed by atoms with Gasteiger partial charge >= 0.3 is 0 Å². The van der Waals surface area contributed by atoms with E-state index in [0.29, 0.717) is 11.0 Å². The van der Waals surface area contributed by atoms with E-state index >= 15 is 0 Å². The van der Waals surface area contributed by atoms with Crippen LogP contribution < -0.4 is 5.56 Å².